The minimum absolute atomic E-state index is 0.0962. The lowest BCUT2D eigenvalue weighted by Crippen LogP contribution is -2.48. The van der Waals surface area contributed by atoms with Crippen molar-refractivity contribution in [1.82, 2.24) is 15.2 Å². The van der Waals surface area contributed by atoms with Crippen molar-refractivity contribution >= 4 is 5.91 Å². The van der Waals surface area contributed by atoms with E-state index in [1.165, 1.54) is 5.56 Å². The Morgan fingerprint density at radius 2 is 1.73 bits per heavy atom. The monoisotopic (exact) mass is 443 g/mol. The minimum atomic E-state index is -0.394. The summed E-state index contributed by atoms with van der Waals surface area (Å²) in [5, 5.41) is 3.31. The molecule has 0 aliphatic carbocycles. The fourth-order valence-corrected chi connectivity index (χ4v) is 4.25. The van der Waals surface area contributed by atoms with Crippen LogP contribution < -0.4 is 10.1 Å². The Labute approximate surface area is 196 Å². The van der Waals surface area contributed by atoms with Crippen molar-refractivity contribution in [2.75, 3.05) is 26.2 Å². The van der Waals surface area contributed by atoms with Gasteiger partial charge < -0.3 is 10.1 Å². The fraction of sp³-hybridized carbons (Fsp3) is 0.357. The number of aryl methyl sites for hydroxylation is 1. The SMILES string of the molecule is Cc1ccc([C@H](NC(=O)C2(C)CCN(CCOc3ccccc3)CC2)c2ccccn2)cc1. The number of aromatic nitrogens is 1. The van der Waals surface area contributed by atoms with E-state index in [0.717, 1.165) is 49.5 Å². The minimum Gasteiger partial charge on any atom is -0.492 e. The van der Waals surface area contributed by atoms with Crippen LogP contribution in [-0.2, 0) is 4.79 Å². The van der Waals surface area contributed by atoms with Gasteiger partial charge in [-0.3, -0.25) is 14.7 Å². The summed E-state index contributed by atoms with van der Waals surface area (Å²) < 4.78 is 5.84. The number of nitrogens with one attached hydrogen (secondary N) is 1. The van der Waals surface area contributed by atoms with Gasteiger partial charge in [0.05, 0.1) is 11.7 Å². The molecule has 2 heterocycles. The molecule has 0 unspecified atom stereocenters. The van der Waals surface area contributed by atoms with Crippen LogP contribution in [0.1, 0.15) is 42.6 Å². The van der Waals surface area contributed by atoms with E-state index in [2.05, 4.69) is 53.3 Å². The molecule has 0 radical (unpaired) electrons. The average Bonchev–Trinajstić information content (AvgIpc) is 2.85. The van der Waals surface area contributed by atoms with Gasteiger partial charge in [-0.1, -0.05) is 61.0 Å². The number of benzene rings is 2. The number of carbonyl (C=O) groups is 1. The zero-order valence-electron chi connectivity index (χ0n) is 19.5. The van der Waals surface area contributed by atoms with Crippen molar-refractivity contribution in [2.24, 2.45) is 5.41 Å². The second kappa shape index (κ2) is 10.6. The van der Waals surface area contributed by atoms with E-state index in [1.54, 1.807) is 6.20 Å². The molecule has 1 aliphatic heterocycles. The summed E-state index contributed by atoms with van der Waals surface area (Å²) in [6, 6.07) is 23.8. The zero-order chi connectivity index (χ0) is 23.1. The van der Waals surface area contributed by atoms with Gasteiger partial charge in [0.15, 0.2) is 0 Å². The molecule has 4 rings (SSSR count). The normalized spacial score (nSPS) is 16.7. The molecule has 0 bridgehead atoms. The molecular formula is C28H33N3O2. The third-order valence-corrected chi connectivity index (χ3v) is 6.60. The number of ether oxygens (including phenoxy) is 1. The highest BCUT2D eigenvalue weighted by molar-refractivity contribution is 5.83. The first-order valence-corrected chi connectivity index (χ1v) is 11.7. The van der Waals surface area contributed by atoms with Crippen molar-refractivity contribution in [1.29, 1.82) is 0 Å². The number of carbonyl (C=O) groups excluding carboxylic acids is 1. The van der Waals surface area contributed by atoms with Crippen LogP contribution in [0.25, 0.3) is 0 Å². The van der Waals surface area contributed by atoms with Crippen LogP contribution in [0.15, 0.2) is 79.0 Å². The van der Waals surface area contributed by atoms with E-state index in [1.807, 2.05) is 48.5 Å². The Balaban J connectivity index is 1.35. The Kier molecular flexibility index (Phi) is 7.40. The maximum absolute atomic E-state index is 13.5. The van der Waals surface area contributed by atoms with Gasteiger partial charge in [-0.15, -0.1) is 0 Å². The maximum atomic E-state index is 13.5. The van der Waals surface area contributed by atoms with E-state index in [4.69, 9.17) is 4.74 Å². The predicted octanol–water partition coefficient (Wildman–Crippen LogP) is 4.78. The van der Waals surface area contributed by atoms with Gasteiger partial charge in [0.25, 0.3) is 0 Å². The van der Waals surface area contributed by atoms with Crippen LogP contribution in [-0.4, -0.2) is 42.0 Å². The van der Waals surface area contributed by atoms with Gasteiger partial charge in [-0.2, -0.15) is 0 Å². The fourth-order valence-electron chi connectivity index (χ4n) is 4.25. The molecule has 2 aromatic carbocycles. The highest BCUT2D eigenvalue weighted by Crippen LogP contribution is 2.33. The second-order valence-corrected chi connectivity index (χ2v) is 9.14. The molecule has 1 aromatic heterocycles. The van der Waals surface area contributed by atoms with Crippen LogP contribution in [0, 0.1) is 12.3 Å². The summed E-state index contributed by atoms with van der Waals surface area (Å²) in [4.78, 5) is 20.4. The number of para-hydroxylation sites is 1. The van der Waals surface area contributed by atoms with E-state index in [0.29, 0.717) is 6.61 Å². The average molecular weight is 444 g/mol. The first-order chi connectivity index (χ1) is 16.0. The number of likely N-dealkylation sites (tertiary alicyclic amines) is 1. The lowest BCUT2D eigenvalue weighted by molar-refractivity contribution is -0.133. The molecule has 1 atom stereocenters. The third-order valence-electron chi connectivity index (χ3n) is 6.60. The molecular weight excluding hydrogens is 410 g/mol. The first kappa shape index (κ1) is 23.0. The van der Waals surface area contributed by atoms with Gasteiger partial charge in [-0.05, 0) is 62.7 Å². The summed E-state index contributed by atoms with van der Waals surface area (Å²) in [7, 11) is 0. The topological polar surface area (TPSA) is 54.5 Å². The zero-order valence-corrected chi connectivity index (χ0v) is 19.5. The second-order valence-electron chi connectivity index (χ2n) is 9.14. The Morgan fingerprint density at radius 1 is 1.03 bits per heavy atom. The van der Waals surface area contributed by atoms with E-state index in [9.17, 15) is 4.79 Å². The number of piperidine rings is 1. The molecule has 172 valence electrons. The van der Waals surface area contributed by atoms with Crippen molar-refractivity contribution < 1.29 is 9.53 Å². The molecule has 5 heteroatoms. The smallest absolute Gasteiger partial charge is 0.226 e. The highest BCUT2D eigenvalue weighted by Gasteiger charge is 2.38. The number of pyridine rings is 1. The van der Waals surface area contributed by atoms with Gasteiger partial charge in [0.2, 0.25) is 5.91 Å². The van der Waals surface area contributed by atoms with Gasteiger partial charge in [0, 0.05) is 18.2 Å². The quantitative estimate of drug-likeness (QED) is 0.545. The number of nitrogens with zero attached hydrogens (tertiary/aromatic N) is 2. The van der Waals surface area contributed by atoms with Crippen LogP contribution in [0.2, 0.25) is 0 Å². The number of hydrogen-bond donors (Lipinski definition) is 1. The Morgan fingerprint density at radius 3 is 2.39 bits per heavy atom. The van der Waals surface area contributed by atoms with Gasteiger partial charge >= 0.3 is 0 Å². The molecule has 1 amide bonds. The summed E-state index contributed by atoms with van der Waals surface area (Å²) in [5.41, 5.74) is 2.70. The first-order valence-electron chi connectivity index (χ1n) is 11.7. The number of hydrogen-bond acceptors (Lipinski definition) is 4. The van der Waals surface area contributed by atoms with Crippen molar-refractivity contribution in [3.05, 3.63) is 95.8 Å². The van der Waals surface area contributed by atoms with Crippen LogP contribution in [0.3, 0.4) is 0 Å². The van der Waals surface area contributed by atoms with E-state index in [-0.39, 0.29) is 11.9 Å². The molecule has 33 heavy (non-hydrogen) atoms. The summed E-state index contributed by atoms with van der Waals surface area (Å²) in [6.45, 7) is 7.46. The highest BCUT2D eigenvalue weighted by atomic mass is 16.5. The maximum Gasteiger partial charge on any atom is 0.226 e. The largest absolute Gasteiger partial charge is 0.492 e. The van der Waals surface area contributed by atoms with Crippen LogP contribution >= 0.6 is 0 Å². The molecule has 5 nitrogen and oxygen atoms in total. The number of amides is 1. The van der Waals surface area contributed by atoms with Crippen LogP contribution in [0.4, 0.5) is 0 Å². The lowest BCUT2D eigenvalue weighted by atomic mass is 9.79. The summed E-state index contributed by atoms with van der Waals surface area (Å²) in [5.74, 6) is 0.995. The van der Waals surface area contributed by atoms with Gasteiger partial charge in [0.1, 0.15) is 12.4 Å². The standard InChI is InChI=1S/C28H33N3O2/c1-22-11-13-23(14-12-22)26(25-10-6-7-17-29-25)30-27(32)28(2)15-18-31(19-16-28)20-21-33-24-8-4-3-5-9-24/h3-14,17,26H,15-16,18-21H2,1-2H3,(H,30,32)/t26-/m0/s1. The predicted molar refractivity (Wildman–Crippen MR) is 131 cm³/mol. The molecule has 1 aliphatic rings. The van der Waals surface area contributed by atoms with Crippen molar-refractivity contribution in [3.63, 3.8) is 0 Å². The molecule has 1 N–H and O–H groups in total. The van der Waals surface area contributed by atoms with Gasteiger partial charge in [-0.25, -0.2) is 0 Å². The van der Waals surface area contributed by atoms with Crippen molar-refractivity contribution in [2.45, 2.75) is 32.7 Å². The molecule has 3 aromatic rings. The van der Waals surface area contributed by atoms with Crippen molar-refractivity contribution in [3.8, 4) is 5.75 Å². The lowest BCUT2D eigenvalue weighted by Gasteiger charge is -2.39. The summed E-state index contributed by atoms with van der Waals surface area (Å²) >= 11 is 0. The molecule has 1 saturated heterocycles. The van der Waals surface area contributed by atoms with Crippen LogP contribution in [0.5, 0.6) is 5.75 Å². The molecule has 0 saturated carbocycles. The molecule has 0 spiro atoms. The van der Waals surface area contributed by atoms with E-state index >= 15 is 0 Å². The van der Waals surface area contributed by atoms with E-state index < -0.39 is 5.41 Å². The Bertz CT molecular complexity index is 1010. The molecule has 1 fully saturated rings. The third kappa shape index (κ3) is 5.99. The summed E-state index contributed by atoms with van der Waals surface area (Å²) in [6.07, 6.45) is 3.43. The number of rotatable bonds is 8. The Hall–Kier alpha value is -3.18.